The largest absolute Gasteiger partial charge is 0.345 e. The highest BCUT2D eigenvalue weighted by Gasteiger charge is 2.41. The molecule has 5 heteroatoms. The Morgan fingerprint density at radius 2 is 1.85 bits per heavy atom. The number of carbonyl (C=O) groups excluding carboxylic acids is 2. The fraction of sp³-hybridized carbons (Fsp3) is 0.467. The Balaban J connectivity index is 2.27. The van der Waals surface area contributed by atoms with Crippen LogP contribution >= 0.6 is 22.6 Å². The van der Waals surface area contributed by atoms with Crippen molar-refractivity contribution in [3.63, 3.8) is 0 Å². The third-order valence-electron chi connectivity index (χ3n) is 3.38. The summed E-state index contributed by atoms with van der Waals surface area (Å²) in [5, 5.41) is 2.68. The van der Waals surface area contributed by atoms with Crippen LogP contribution in [0.3, 0.4) is 0 Å². The maximum Gasteiger partial charge on any atom is 0.243 e. The molecule has 0 aromatic heterocycles. The van der Waals surface area contributed by atoms with E-state index in [2.05, 4.69) is 27.9 Å². The quantitative estimate of drug-likeness (QED) is 0.793. The van der Waals surface area contributed by atoms with Crippen LogP contribution in [-0.4, -0.2) is 29.3 Å². The van der Waals surface area contributed by atoms with E-state index in [-0.39, 0.29) is 23.8 Å². The molecule has 4 nitrogen and oxygen atoms in total. The Hall–Kier alpha value is -1.11. The molecule has 1 fully saturated rings. The number of rotatable bonds is 2. The predicted octanol–water partition coefficient (Wildman–Crippen LogP) is 2.16. The smallest absolute Gasteiger partial charge is 0.243 e. The molecule has 2 rings (SSSR count). The van der Waals surface area contributed by atoms with Crippen molar-refractivity contribution in [2.24, 2.45) is 5.41 Å². The fourth-order valence-electron chi connectivity index (χ4n) is 2.47. The van der Waals surface area contributed by atoms with Gasteiger partial charge in [-0.05, 0) is 45.7 Å². The molecule has 1 aliphatic heterocycles. The Bertz CT molecular complexity index is 520. The van der Waals surface area contributed by atoms with Crippen molar-refractivity contribution in [2.75, 3.05) is 6.54 Å². The van der Waals surface area contributed by atoms with Gasteiger partial charge >= 0.3 is 0 Å². The van der Waals surface area contributed by atoms with Crippen LogP contribution < -0.4 is 5.32 Å². The van der Waals surface area contributed by atoms with Crippen LogP contribution in [0.2, 0.25) is 0 Å². The highest BCUT2D eigenvalue weighted by atomic mass is 127. The number of carbonyl (C=O) groups is 2. The van der Waals surface area contributed by atoms with Gasteiger partial charge in [-0.15, -0.1) is 0 Å². The number of amides is 2. The summed E-state index contributed by atoms with van der Waals surface area (Å²) in [5.41, 5.74) is 0.756. The van der Waals surface area contributed by atoms with E-state index in [0.29, 0.717) is 6.54 Å². The number of hydrogen-bond acceptors (Lipinski definition) is 2. The second-order valence-corrected chi connectivity index (χ2v) is 7.38. The van der Waals surface area contributed by atoms with Crippen molar-refractivity contribution >= 4 is 34.4 Å². The monoisotopic (exact) mass is 386 g/mol. The van der Waals surface area contributed by atoms with E-state index in [9.17, 15) is 9.59 Å². The molecule has 1 N–H and O–H groups in total. The van der Waals surface area contributed by atoms with Crippen LogP contribution in [0.15, 0.2) is 24.3 Å². The number of piperazine rings is 1. The molecule has 1 heterocycles. The van der Waals surface area contributed by atoms with Crippen LogP contribution in [0.1, 0.15) is 26.3 Å². The van der Waals surface area contributed by atoms with Gasteiger partial charge in [-0.2, -0.15) is 0 Å². The second-order valence-electron chi connectivity index (χ2n) is 6.13. The van der Waals surface area contributed by atoms with Crippen LogP contribution in [0, 0.1) is 8.99 Å². The van der Waals surface area contributed by atoms with Gasteiger partial charge in [0.15, 0.2) is 0 Å². The number of benzene rings is 1. The first-order chi connectivity index (χ1) is 9.29. The molecule has 1 aromatic carbocycles. The molecule has 1 atom stereocenters. The molecule has 1 saturated heterocycles. The highest BCUT2D eigenvalue weighted by Crippen LogP contribution is 2.28. The average Bonchev–Trinajstić information content (AvgIpc) is 2.35. The van der Waals surface area contributed by atoms with Gasteiger partial charge in [0.2, 0.25) is 11.8 Å². The molecule has 0 radical (unpaired) electrons. The molecule has 1 aliphatic rings. The maximum atomic E-state index is 12.2. The van der Waals surface area contributed by atoms with Crippen LogP contribution in [0.4, 0.5) is 0 Å². The summed E-state index contributed by atoms with van der Waals surface area (Å²) >= 11 is 2.25. The first kappa shape index (κ1) is 15.3. The third kappa shape index (κ3) is 3.31. The van der Waals surface area contributed by atoms with Crippen molar-refractivity contribution in [3.05, 3.63) is 33.4 Å². The molecule has 1 aromatic rings. The SMILES string of the molecule is CC(C)(C)C1C(=O)NCC(=O)N1Cc1ccc(I)cc1. The molecule has 0 bridgehead atoms. The van der Waals surface area contributed by atoms with E-state index >= 15 is 0 Å². The lowest BCUT2D eigenvalue weighted by Crippen LogP contribution is -2.62. The molecule has 20 heavy (non-hydrogen) atoms. The van der Waals surface area contributed by atoms with E-state index in [4.69, 9.17) is 0 Å². The van der Waals surface area contributed by atoms with Gasteiger partial charge in [0.25, 0.3) is 0 Å². The number of hydrogen-bond donors (Lipinski definition) is 1. The molecule has 1 unspecified atom stereocenters. The predicted molar refractivity (Wildman–Crippen MR) is 86.0 cm³/mol. The van der Waals surface area contributed by atoms with Gasteiger partial charge in [-0.1, -0.05) is 32.9 Å². The lowest BCUT2D eigenvalue weighted by atomic mass is 9.83. The molecule has 2 amide bonds. The Labute approximate surface area is 133 Å². The minimum atomic E-state index is -0.428. The molecule has 108 valence electrons. The average molecular weight is 386 g/mol. The molecular formula is C15H19IN2O2. The molecule has 0 spiro atoms. The summed E-state index contributed by atoms with van der Waals surface area (Å²) in [6.45, 7) is 6.52. The zero-order chi connectivity index (χ0) is 14.9. The second kappa shape index (κ2) is 5.71. The van der Waals surface area contributed by atoms with Crippen molar-refractivity contribution in [3.8, 4) is 0 Å². The summed E-state index contributed by atoms with van der Waals surface area (Å²) in [4.78, 5) is 26.0. The molecular weight excluding hydrogens is 367 g/mol. The summed E-state index contributed by atoms with van der Waals surface area (Å²) in [5.74, 6) is -0.0920. The zero-order valence-electron chi connectivity index (χ0n) is 11.9. The number of nitrogens with zero attached hydrogens (tertiary/aromatic N) is 1. The normalized spacial score (nSPS) is 20.0. The first-order valence-corrected chi connectivity index (χ1v) is 7.68. The van der Waals surface area contributed by atoms with Gasteiger partial charge in [-0.25, -0.2) is 0 Å². The van der Waals surface area contributed by atoms with Gasteiger partial charge < -0.3 is 10.2 Å². The van der Waals surface area contributed by atoms with Crippen LogP contribution in [-0.2, 0) is 16.1 Å². The maximum absolute atomic E-state index is 12.2. The van der Waals surface area contributed by atoms with E-state index in [1.54, 1.807) is 4.90 Å². The van der Waals surface area contributed by atoms with Crippen molar-refractivity contribution in [1.29, 1.82) is 0 Å². The zero-order valence-corrected chi connectivity index (χ0v) is 14.1. The topological polar surface area (TPSA) is 49.4 Å². The van der Waals surface area contributed by atoms with E-state index in [0.717, 1.165) is 9.13 Å². The molecule has 0 saturated carbocycles. The fourth-order valence-corrected chi connectivity index (χ4v) is 2.83. The minimum Gasteiger partial charge on any atom is -0.345 e. The third-order valence-corrected chi connectivity index (χ3v) is 4.10. The lowest BCUT2D eigenvalue weighted by molar-refractivity contribution is -0.150. The summed E-state index contributed by atoms with van der Waals surface area (Å²) in [7, 11) is 0. The van der Waals surface area contributed by atoms with Crippen molar-refractivity contribution in [1.82, 2.24) is 10.2 Å². The highest BCUT2D eigenvalue weighted by molar-refractivity contribution is 14.1. The molecule has 0 aliphatic carbocycles. The van der Waals surface area contributed by atoms with E-state index in [1.165, 1.54) is 0 Å². The number of halogens is 1. The van der Waals surface area contributed by atoms with Gasteiger partial charge in [-0.3, -0.25) is 9.59 Å². The Morgan fingerprint density at radius 3 is 2.40 bits per heavy atom. The summed E-state index contributed by atoms with van der Waals surface area (Å²) in [6, 6.07) is 7.60. The standard InChI is InChI=1S/C15H19IN2O2/c1-15(2,3)13-14(20)17-8-12(19)18(13)9-10-4-6-11(16)7-5-10/h4-7,13H,8-9H2,1-3H3,(H,17,20). The van der Waals surface area contributed by atoms with Crippen molar-refractivity contribution < 1.29 is 9.59 Å². The van der Waals surface area contributed by atoms with Gasteiger partial charge in [0.05, 0.1) is 6.54 Å². The van der Waals surface area contributed by atoms with Crippen LogP contribution in [0.25, 0.3) is 0 Å². The summed E-state index contributed by atoms with van der Waals surface area (Å²) in [6.07, 6.45) is 0. The van der Waals surface area contributed by atoms with E-state index < -0.39 is 6.04 Å². The lowest BCUT2D eigenvalue weighted by Gasteiger charge is -2.42. The Morgan fingerprint density at radius 1 is 1.25 bits per heavy atom. The Kier molecular flexibility index (Phi) is 4.36. The van der Waals surface area contributed by atoms with Gasteiger partial charge in [0, 0.05) is 10.1 Å². The minimum absolute atomic E-state index is 0.0249. The van der Waals surface area contributed by atoms with Crippen LogP contribution in [0.5, 0.6) is 0 Å². The first-order valence-electron chi connectivity index (χ1n) is 6.60. The van der Waals surface area contributed by atoms with Crippen molar-refractivity contribution in [2.45, 2.75) is 33.4 Å². The van der Waals surface area contributed by atoms with Gasteiger partial charge in [0.1, 0.15) is 6.04 Å². The van der Waals surface area contributed by atoms with E-state index in [1.807, 2.05) is 45.0 Å². The number of nitrogens with one attached hydrogen (secondary N) is 1. The summed E-state index contributed by atoms with van der Waals surface area (Å²) < 4.78 is 1.15.